The molecule has 6 heteroatoms. The molecule has 0 saturated heterocycles. The van der Waals surface area contributed by atoms with Gasteiger partial charge in [-0.25, -0.2) is 0 Å². The normalized spacial score (nSPS) is 10.2. The van der Waals surface area contributed by atoms with Crippen LogP contribution in [0.3, 0.4) is 0 Å². The number of halogens is 2. The number of anilines is 3. The Morgan fingerprint density at radius 2 is 1.79 bits per heavy atom. The Morgan fingerprint density at radius 3 is 2.47 bits per heavy atom. The van der Waals surface area contributed by atoms with Crippen LogP contribution in [0.5, 0.6) is 0 Å². The van der Waals surface area contributed by atoms with E-state index >= 15 is 0 Å². The Labute approximate surface area is 120 Å². The molecule has 98 valence electrons. The van der Waals surface area contributed by atoms with Crippen molar-refractivity contribution in [3.63, 3.8) is 0 Å². The third-order valence-electron chi connectivity index (χ3n) is 2.48. The van der Waals surface area contributed by atoms with E-state index < -0.39 is 0 Å². The monoisotopic (exact) mass is 295 g/mol. The number of benzene rings is 2. The molecule has 4 nitrogen and oxygen atoms in total. The predicted octanol–water partition coefficient (Wildman–Crippen LogP) is 3.41. The number of hydrogen-bond acceptors (Lipinski definition) is 3. The molecule has 0 unspecified atom stereocenters. The average molecular weight is 296 g/mol. The number of rotatable bonds is 2. The zero-order valence-corrected chi connectivity index (χ0v) is 11.3. The third kappa shape index (κ3) is 3.10. The van der Waals surface area contributed by atoms with Crippen LogP contribution in [-0.2, 0) is 0 Å². The fraction of sp³-hybridized carbons (Fsp3) is 0. The second kappa shape index (κ2) is 5.38. The maximum absolute atomic E-state index is 12.0. The maximum Gasteiger partial charge on any atom is 0.255 e. The lowest BCUT2D eigenvalue weighted by Gasteiger charge is -2.09. The van der Waals surface area contributed by atoms with Crippen LogP contribution >= 0.6 is 23.2 Å². The molecule has 0 atom stereocenters. The molecule has 5 N–H and O–H groups in total. The van der Waals surface area contributed by atoms with Gasteiger partial charge in [-0.15, -0.1) is 0 Å². The largest absolute Gasteiger partial charge is 0.399 e. The summed E-state index contributed by atoms with van der Waals surface area (Å²) >= 11 is 11.9. The van der Waals surface area contributed by atoms with Gasteiger partial charge in [0.1, 0.15) is 0 Å². The van der Waals surface area contributed by atoms with E-state index in [1.54, 1.807) is 24.3 Å². The minimum Gasteiger partial charge on any atom is -0.399 e. The Bertz CT molecular complexity index is 644. The SMILES string of the molecule is Nc1cccc(C(=O)Nc2cc(Cl)c(N)cc2Cl)c1. The zero-order valence-electron chi connectivity index (χ0n) is 9.78. The molecule has 2 aromatic carbocycles. The van der Waals surface area contributed by atoms with Crippen molar-refractivity contribution in [2.24, 2.45) is 0 Å². The molecular weight excluding hydrogens is 285 g/mol. The van der Waals surface area contributed by atoms with Gasteiger partial charge in [0.15, 0.2) is 0 Å². The van der Waals surface area contributed by atoms with Crippen molar-refractivity contribution in [3.05, 3.63) is 52.0 Å². The molecule has 0 radical (unpaired) electrons. The van der Waals surface area contributed by atoms with Crippen LogP contribution in [0.25, 0.3) is 0 Å². The quantitative estimate of drug-likeness (QED) is 0.743. The van der Waals surface area contributed by atoms with Crippen molar-refractivity contribution in [2.45, 2.75) is 0 Å². The van der Waals surface area contributed by atoms with Gasteiger partial charge in [0.05, 0.1) is 21.4 Å². The first-order valence-electron chi connectivity index (χ1n) is 5.39. The first kappa shape index (κ1) is 13.5. The van der Waals surface area contributed by atoms with Gasteiger partial charge in [-0.05, 0) is 30.3 Å². The van der Waals surface area contributed by atoms with Gasteiger partial charge in [0.25, 0.3) is 5.91 Å². The molecule has 0 spiro atoms. The summed E-state index contributed by atoms with van der Waals surface area (Å²) in [6.45, 7) is 0. The van der Waals surface area contributed by atoms with Gasteiger partial charge < -0.3 is 16.8 Å². The molecule has 0 fully saturated rings. The lowest BCUT2D eigenvalue weighted by atomic mass is 10.2. The Hall–Kier alpha value is -1.91. The molecule has 0 aliphatic rings. The Balaban J connectivity index is 2.27. The van der Waals surface area contributed by atoms with Crippen molar-refractivity contribution >= 4 is 46.2 Å². The molecule has 0 bridgehead atoms. The highest BCUT2D eigenvalue weighted by Gasteiger charge is 2.10. The summed E-state index contributed by atoms with van der Waals surface area (Å²) in [5.74, 6) is -0.324. The maximum atomic E-state index is 12.0. The lowest BCUT2D eigenvalue weighted by Crippen LogP contribution is -2.12. The van der Waals surface area contributed by atoms with E-state index in [1.807, 2.05) is 0 Å². The number of nitrogens with two attached hydrogens (primary N) is 2. The van der Waals surface area contributed by atoms with Crippen LogP contribution in [-0.4, -0.2) is 5.91 Å². The van der Waals surface area contributed by atoms with Crippen molar-refractivity contribution < 1.29 is 4.79 Å². The molecule has 0 aromatic heterocycles. The van der Waals surface area contributed by atoms with E-state index in [4.69, 9.17) is 34.7 Å². The molecular formula is C13H11Cl2N3O. The number of carbonyl (C=O) groups is 1. The highest BCUT2D eigenvalue weighted by atomic mass is 35.5. The van der Waals surface area contributed by atoms with Crippen molar-refractivity contribution in [1.29, 1.82) is 0 Å². The van der Waals surface area contributed by atoms with Crippen molar-refractivity contribution in [1.82, 2.24) is 0 Å². The third-order valence-corrected chi connectivity index (χ3v) is 3.12. The van der Waals surface area contributed by atoms with Gasteiger partial charge >= 0.3 is 0 Å². The van der Waals surface area contributed by atoms with E-state index in [0.29, 0.717) is 32.7 Å². The summed E-state index contributed by atoms with van der Waals surface area (Å²) in [7, 11) is 0. The first-order valence-corrected chi connectivity index (χ1v) is 6.14. The molecule has 0 aliphatic heterocycles. The molecule has 2 aromatic rings. The molecule has 1 amide bonds. The van der Waals surface area contributed by atoms with E-state index in [1.165, 1.54) is 12.1 Å². The number of hydrogen-bond donors (Lipinski definition) is 3. The molecule has 0 saturated carbocycles. The predicted molar refractivity (Wildman–Crippen MR) is 79.7 cm³/mol. The van der Waals surface area contributed by atoms with Gasteiger partial charge in [0.2, 0.25) is 0 Å². The minimum atomic E-state index is -0.324. The first-order chi connectivity index (χ1) is 8.97. The summed E-state index contributed by atoms with van der Waals surface area (Å²) in [6.07, 6.45) is 0. The van der Waals surface area contributed by atoms with Crippen LogP contribution in [0.15, 0.2) is 36.4 Å². The standard InChI is InChI=1S/C13H11Cl2N3O/c14-9-6-12(10(15)5-11(9)17)18-13(19)7-2-1-3-8(16)4-7/h1-6H,16-17H2,(H,18,19). The Kier molecular flexibility index (Phi) is 3.83. The molecule has 0 aliphatic carbocycles. The lowest BCUT2D eigenvalue weighted by molar-refractivity contribution is 0.102. The van der Waals surface area contributed by atoms with E-state index in [2.05, 4.69) is 5.32 Å². The highest BCUT2D eigenvalue weighted by Crippen LogP contribution is 2.31. The van der Waals surface area contributed by atoms with Gasteiger partial charge in [0, 0.05) is 11.3 Å². The molecule has 19 heavy (non-hydrogen) atoms. The van der Waals surface area contributed by atoms with Gasteiger partial charge in [-0.1, -0.05) is 29.3 Å². The summed E-state index contributed by atoms with van der Waals surface area (Å²) < 4.78 is 0. The van der Waals surface area contributed by atoms with Crippen molar-refractivity contribution in [2.75, 3.05) is 16.8 Å². The van der Waals surface area contributed by atoms with E-state index in [9.17, 15) is 4.79 Å². The van der Waals surface area contributed by atoms with Gasteiger partial charge in [-0.3, -0.25) is 4.79 Å². The van der Waals surface area contributed by atoms with E-state index in [-0.39, 0.29) is 5.91 Å². The smallest absolute Gasteiger partial charge is 0.255 e. The van der Waals surface area contributed by atoms with Gasteiger partial charge in [-0.2, -0.15) is 0 Å². The fourth-order valence-electron chi connectivity index (χ4n) is 1.53. The van der Waals surface area contributed by atoms with Crippen LogP contribution in [0.4, 0.5) is 17.1 Å². The summed E-state index contributed by atoms with van der Waals surface area (Å²) in [5.41, 5.74) is 12.9. The van der Waals surface area contributed by atoms with E-state index in [0.717, 1.165) is 0 Å². The molecule has 2 rings (SSSR count). The van der Waals surface area contributed by atoms with Crippen molar-refractivity contribution in [3.8, 4) is 0 Å². The van der Waals surface area contributed by atoms with Crippen LogP contribution in [0.2, 0.25) is 10.0 Å². The molecule has 0 heterocycles. The summed E-state index contributed by atoms with van der Waals surface area (Å²) in [4.78, 5) is 12.0. The topological polar surface area (TPSA) is 81.1 Å². The number of nitrogen functional groups attached to an aromatic ring is 2. The van der Waals surface area contributed by atoms with Crippen LogP contribution < -0.4 is 16.8 Å². The van der Waals surface area contributed by atoms with Crippen LogP contribution in [0.1, 0.15) is 10.4 Å². The average Bonchev–Trinajstić information content (AvgIpc) is 2.36. The van der Waals surface area contributed by atoms with Crippen LogP contribution in [0, 0.1) is 0 Å². The number of amides is 1. The minimum absolute atomic E-state index is 0.319. The fourth-order valence-corrected chi connectivity index (χ4v) is 1.92. The summed E-state index contributed by atoms with van der Waals surface area (Å²) in [5, 5.41) is 3.30. The number of carbonyl (C=O) groups excluding carboxylic acids is 1. The highest BCUT2D eigenvalue weighted by molar-refractivity contribution is 6.37. The zero-order chi connectivity index (χ0) is 14.0. The summed E-state index contributed by atoms with van der Waals surface area (Å²) in [6, 6.07) is 9.61. The number of nitrogens with one attached hydrogen (secondary N) is 1. The Morgan fingerprint density at radius 1 is 1.05 bits per heavy atom. The second-order valence-electron chi connectivity index (χ2n) is 3.93. The second-order valence-corrected chi connectivity index (χ2v) is 4.75.